The lowest BCUT2D eigenvalue weighted by Crippen LogP contribution is -2.15. The van der Waals surface area contributed by atoms with Crippen LogP contribution in [0.15, 0.2) is 30.6 Å². The highest BCUT2D eigenvalue weighted by atomic mass is 16.6. The summed E-state index contributed by atoms with van der Waals surface area (Å²) < 4.78 is 10.9. The van der Waals surface area contributed by atoms with E-state index in [1.807, 2.05) is 0 Å². The summed E-state index contributed by atoms with van der Waals surface area (Å²) in [6.45, 7) is 0.987. The van der Waals surface area contributed by atoms with Gasteiger partial charge in [0, 0.05) is 18.0 Å². The van der Waals surface area contributed by atoms with E-state index in [0.717, 1.165) is 0 Å². The highest BCUT2D eigenvalue weighted by Crippen LogP contribution is 2.34. The fourth-order valence-corrected chi connectivity index (χ4v) is 1.90. The number of carboxylic acids is 1. The van der Waals surface area contributed by atoms with Crippen LogP contribution in [0.1, 0.15) is 10.5 Å². The summed E-state index contributed by atoms with van der Waals surface area (Å²) in [5.74, 6) is 0.125. The Hall–Kier alpha value is -2.63. The molecule has 19 heavy (non-hydrogen) atoms. The van der Waals surface area contributed by atoms with Crippen molar-refractivity contribution in [1.82, 2.24) is 9.97 Å². The van der Waals surface area contributed by atoms with E-state index in [-0.39, 0.29) is 5.69 Å². The predicted molar refractivity (Wildman–Crippen MR) is 65.4 cm³/mol. The quantitative estimate of drug-likeness (QED) is 0.881. The molecule has 0 saturated carbocycles. The second-order valence-corrected chi connectivity index (χ2v) is 3.92. The lowest BCUT2D eigenvalue weighted by Gasteiger charge is -2.18. The lowest BCUT2D eigenvalue weighted by molar-refractivity contribution is 0.0691. The van der Waals surface area contributed by atoms with E-state index in [1.54, 1.807) is 18.2 Å². The molecular formula is C13H10N2O4. The Morgan fingerprint density at radius 2 is 1.84 bits per heavy atom. The number of fused-ring (bicyclic) bond motifs is 1. The maximum absolute atomic E-state index is 11.1. The highest BCUT2D eigenvalue weighted by molar-refractivity contribution is 5.92. The van der Waals surface area contributed by atoms with Gasteiger partial charge in [0.25, 0.3) is 0 Å². The number of hydrogen-bond acceptors (Lipinski definition) is 5. The number of nitrogens with zero attached hydrogens (tertiary/aromatic N) is 2. The number of benzene rings is 1. The largest absolute Gasteiger partial charge is 0.486 e. The van der Waals surface area contributed by atoms with Crippen molar-refractivity contribution in [3.05, 3.63) is 36.3 Å². The van der Waals surface area contributed by atoms with Crippen molar-refractivity contribution < 1.29 is 19.4 Å². The van der Waals surface area contributed by atoms with Gasteiger partial charge in [-0.3, -0.25) is 4.98 Å². The third-order valence-corrected chi connectivity index (χ3v) is 2.72. The van der Waals surface area contributed by atoms with Gasteiger partial charge >= 0.3 is 5.97 Å². The van der Waals surface area contributed by atoms with Gasteiger partial charge in [-0.2, -0.15) is 0 Å². The second kappa shape index (κ2) is 4.56. The predicted octanol–water partition coefficient (Wildman–Crippen LogP) is 1.61. The molecule has 3 rings (SSSR count). The minimum atomic E-state index is -1.11. The molecule has 1 N–H and O–H groups in total. The first-order valence-corrected chi connectivity index (χ1v) is 5.70. The molecule has 1 aromatic heterocycles. The van der Waals surface area contributed by atoms with E-state index in [2.05, 4.69) is 9.97 Å². The van der Waals surface area contributed by atoms with Crippen molar-refractivity contribution in [3.8, 4) is 22.8 Å². The minimum absolute atomic E-state index is 0.0841. The number of aromatic nitrogens is 2. The van der Waals surface area contributed by atoms with Crippen LogP contribution in [0.25, 0.3) is 11.3 Å². The maximum Gasteiger partial charge on any atom is 0.356 e. The van der Waals surface area contributed by atoms with Crippen LogP contribution in [0.5, 0.6) is 11.5 Å². The van der Waals surface area contributed by atoms with Crippen LogP contribution < -0.4 is 9.47 Å². The Labute approximate surface area is 108 Å². The molecule has 0 unspecified atom stereocenters. The molecule has 6 nitrogen and oxygen atoms in total. The van der Waals surface area contributed by atoms with Crippen molar-refractivity contribution in [2.45, 2.75) is 0 Å². The van der Waals surface area contributed by atoms with Gasteiger partial charge < -0.3 is 14.6 Å². The smallest absolute Gasteiger partial charge is 0.356 e. The number of carbonyl (C=O) groups is 1. The maximum atomic E-state index is 11.1. The number of aromatic carboxylic acids is 1. The molecule has 0 aliphatic carbocycles. The van der Waals surface area contributed by atoms with Gasteiger partial charge in [0.1, 0.15) is 18.9 Å². The summed E-state index contributed by atoms with van der Waals surface area (Å²) in [5.41, 5.74) is 0.862. The van der Waals surface area contributed by atoms with Crippen LogP contribution in [0, 0.1) is 0 Å². The number of carboxylic acid groups (broad SMARTS) is 1. The van der Waals surface area contributed by atoms with Gasteiger partial charge in [0.05, 0.1) is 0 Å². The Morgan fingerprint density at radius 3 is 2.63 bits per heavy atom. The minimum Gasteiger partial charge on any atom is -0.486 e. The molecule has 96 valence electrons. The Balaban J connectivity index is 2.10. The van der Waals surface area contributed by atoms with E-state index in [0.29, 0.717) is 36.0 Å². The summed E-state index contributed by atoms with van der Waals surface area (Å²) >= 11 is 0. The molecule has 0 radical (unpaired) electrons. The molecule has 1 aromatic carbocycles. The molecular weight excluding hydrogens is 248 g/mol. The average Bonchev–Trinajstić information content (AvgIpc) is 2.46. The third kappa shape index (κ3) is 2.08. The molecule has 6 heteroatoms. The van der Waals surface area contributed by atoms with Crippen LogP contribution in [0.4, 0.5) is 0 Å². The van der Waals surface area contributed by atoms with E-state index in [1.165, 1.54) is 12.4 Å². The third-order valence-electron chi connectivity index (χ3n) is 2.72. The van der Waals surface area contributed by atoms with E-state index < -0.39 is 5.97 Å². The zero-order valence-corrected chi connectivity index (χ0v) is 9.87. The van der Waals surface area contributed by atoms with Crippen LogP contribution in [0.3, 0.4) is 0 Å². The molecule has 0 atom stereocenters. The zero-order chi connectivity index (χ0) is 13.2. The summed E-state index contributed by atoms with van der Waals surface area (Å²) in [7, 11) is 0. The van der Waals surface area contributed by atoms with Gasteiger partial charge in [-0.1, -0.05) is 0 Å². The first-order valence-electron chi connectivity index (χ1n) is 5.70. The van der Waals surface area contributed by atoms with Crippen molar-refractivity contribution in [2.24, 2.45) is 0 Å². The monoisotopic (exact) mass is 258 g/mol. The van der Waals surface area contributed by atoms with Gasteiger partial charge in [-0.15, -0.1) is 0 Å². The van der Waals surface area contributed by atoms with Crippen molar-refractivity contribution in [1.29, 1.82) is 0 Å². The van der Waals surface area contributed by atoms with Gasteiger partial charge in [0.15, 0.2) is 17.2 Å². The lowest BCUT2D eigenvalue weighted by atomic mass is 10.1. The Bertz CT molecular complexity index is 642. The number of hydrogen-bond donors (Lipinski definition) is 1. The Kier molecular flexibility index (Phi) is 2.75. The van der Waals surface area contributed by atoms with Crippen LogP contribution >= 0.6 is 0 Å². The first kappa shape index (κ1) is 11.5. The SMILES string of the molecule is O=C(O)c1nccnc1-c1ccc2c(c1)OCCO2. The normalized spacial score (nSPS) is 13.1. The van der Waals surface area contributed by atoms with E-state index >= 15 is 0 Å². The molecule has 0 spiro atoms. The number of rotatable bonds is 2. The molecule has 2 heterocycles. The summed E-state index contributed by atoms with van der Waals surface area (Å²) in [6.07, 6.45) is 2.81. The molecule has 1 aliphatic heterocycles. The summed E-state index contributed by atoms with van der Waals surface area (Å²) in [4.78, 5) is 19.0. The summed E-state index contributed by atoms with van der Waals surface area (Å²) in [6, 6.07) is 5.19. The molecule has 0 saturated heterocycles. The van der Waals surface area contributed by atoms with Gasteiger partial charge in [-0.05, 0) is 18.2 Å². The van der Waals surface area contributed by atoms with Crippen molar-refractivity contribution in [2.75, 3.05) is 13.2 Å². The fourth-order valence-electron chi connectivity index (χ4n) is 1.90. The highest BCUT2D eigenvalue weighted by Gasteiger charge is 2.17. The van der Waals surface area contributed by atoms with Crippen molar-refractivity contribution >= 4 is 5.97 Å². The first-order chi connectivity index (χ1) is 9.25. The molecule has 1 aliphatic rings. The second-order valence-electron chi connectivity index (χ2n) is 3.92. The van der Waals surface area contributed by atoms with Crippen LogP contribution in [-0.2, 0) is 0 Å². The average molecular weight is 258 g/mol. The zero-order valence-electron chi connectivity index (χ0n) is 9.87. The number of ether oxygens (including phenoxy) is 2. The van der Waals surface area contributed by atoms with Crippen molar-refractivity contribution in [3.63, 3.8) is 0 Å². The standard InChI is InChI=1S/C13H10N2O4/c16-13(17)12-11(14-3-4-15-12)8-1-2-9-10(7-8)19-6-5-18-9/h1-4,7H,5-6H2,(H,16,17). The molecule has 0 amide bonds. The van der Waals surface area contributed by atoms with E-state index in [4.69, 9.17) is 14.6 Å². The fraction of sp³-hybridized carbons (Fsp3) is 0.154. The van der Waals surface area contributed by atoms with Gasteiger partial charge in [0.2, 0.25) is 0 Å². The molecule has 2 aromatic rings. The van der Waals surface area contributed by atoms with Gasteiger partial charge in [-0.25, -0.2) is 9.78 Å². The van der Waals surface area contributed by atoms with E-state index in [9.17, 15) is 4.79 Å². The van der Waals surface area contributed by atoms with Crippen LogP contribution in [0.2, 0.25) is 0 Å². The van der Waals surface area contributed by atoms with Crippen LogP contribution in [-0.4, -0.2) is 34.3 Å². The molecule has 0 bridgehead atoms. The summed E-state index contributed by atoms with van der Waals surface area (Å²) in [5, 5.41) is 9.11. The Morgan fingerprint density at radius 1 is 1.11 bits per heavy atom. The molecule has 0 fully saturated rings. The topological polar surface area (TPSA) is 81.5 Å².